The monoisotopic (exact) mass is 213 g/mol. The summed E-state index contributed by atoms with van der Waals surface area (Å²) in [5.74, 6) is 0.701. The molecule has 4 heteroatoms. The van der Waals surface area contributed by atoms with E-state index in [1.165, 1.54) is 6.42 Å². The number of nitrogens with two attached hydrogens (primary N) is 1. The molecule has 1 saturated heterocycles. The molecule has 0 spiro atoms. The summed E-state index contributed by atoms with van der Waals surface area (Å²) in [7, 11) is 1.73. The SMILES string of the molecule is COCCC(C)(C)CN=C(N)N1CCC1. The van der Waals surface area contributed by atoms with Gasteiger partial charge in [-0.05, 0) is 18.3 Å². The lowest BCUT2D eigenvalue weighted by Crippen LogP contribution is -2.46. The van der Waals surface area contributed by atoms with Crippen LogP contribution in [-0.2, 0) is 4.74 Å². The van der Waals surface area contributed by atoms with E-state index < -0.39 is 0 Å². The molecule has 0 atom stereocenters. The minimum absolute atomic E-state index is 0.172. The van der Waals surface area contributed by atoms with Gasteiger partial charge in [-0.3, -0.25) is 4.99 Å². The van der Waals surface area contributed by atoms with Gasteiger partial charge in [-0.1, -0.05) is 13.8 Å². The van der Waals surface area contributed by atoms with E-state index in [-0.39, 0.29) is 5.41 Å². The normalized spacial score (nSPS) is 17.8. The van der Waals surface area contributed by atoms with Gasteiger partial charge in [-0.25, -0.2) is 0 Å². The number of guanidine groups is 1. The molecular weight excluding hydrogens is 190 g/mol. The van der Waals surface area contributed by atoms with Crippen molar-refractivity contribution in [3.63, 3.8) is 0 Å². The second-order valence-corrected chi connectivity index (χ2v) is 4.92. The Morgan fingerprint density at radius 1 is 1.47 bits per heavy atom. The fourth-order valence-electron chi connectivity index (χ4n) is 1.40. The van der Waals surface area contributed by atoms with E-state index in [0.29, 0.717) is 5.96 Å². The first-order chi connectivity index (χ1) is 7.05. The summed E-state index contributed by atoms with van der Waals surface area (Å²) in [5.41, 5.74) is 6.03. The van der Waals surface area contributed by atoms with Crippen LogP contribution >= 0.6 is 0 Å². The highest BCUT2D eigenvalue weighted by Crippen LogP contribution is 2.20. The molecule has 0 unspecified atom stereocenters. The highest BCUT2D eigenvalue weighted by atomic mass is 16.5. The molecule has 0 aromatic heterocycles. The van der Waals surface area contributed by atoms with Crippen molar-refractivity contribution in [1.82, 2.24) is 4.90 Å². The maximum Gasteiger partial charge on any atom is 0.191 e. The van der Waals surface area contributed by atoms with Crippen LogP contribution in [0.25, 0.3) is 0 Å². The molecule has 1 rings (SSSR count). The van der Waals surface area contributed by atoms with Crippen LogP contribution in [0.4, 0.5) is 0 Å². The van der Waals surface area contributed by atoms with E-state index in [1.807, 2.05) is 0 Å². The Hall–Kier alpha value is -0.770. The van der Waals surface area contributed by atoms with Crippen molar-refractivity contribution < 1.29 is 4.74 Å². The molecular formula is C11H23N3O. The molecule has 2 N–H and O–H groups in total. The van der Waals surface area contributed by atoms with Crippen molar-refractivity contribution in [1.29, 1.82) is 0 Å². The smallest absolute Gasteiger partial charge is 0.191 e. The lowest BCUT2D eigenvalue weighted by molar-refractivity contribution is 0.155. The average molecular weight is 213 g/mol. The van der Waals surface area contributed by atoms with Gasteiger partial charge in [-0.15, -0.1) is 0 Å². The van der Waals surface area contributed by atoms with Crippen LogP contribution < -0.4 is 5.73 Å². The molecule has 0 aromatic carbocycles. The van der Waals surface area contributed by atoms with E-state index in [0.717, 1.165) is 32.7 Å². The first-order valence-electron chi connectivity index (χ1n) is 5.59. The van der Waals surface area contributed by atoms with E-state index in [1.54, 1.807) is 7.11 Å². The van der Waals surface area contributed by atoms with Crippen molar-refractivity contribution in [2.75, 3.05) is 33.4 Å². The van der Waals surface area contributed by atoms with E-state index in [4.69, 9.17) is 10.5 Å². The third-order valence-corrected chi connectivity index (χ3v) is 2.83. The molecule has 1 aliphatic rings. The van der Waals surface area contributed by atoms with Gasteiger partial charge in [0.05, 0.1) is 0 Å². The zero-order chi connectivity index (χ0) is 11.3. The summed E-state index contributed by atoms with van der Waals surface area (Å²) >= 11 is 0. The van der Waals surface area contributed by atoms with Crippen molar-refractivity contribution in [2.45, 2.75) is 26.7 Å². The van der Waals surface area contributed by atoms with Gasteiger partial charge in [-0.2, -0.15) is 0 Å². The van der Waals surface area contributed by atoms with E-state index in [9.17, 15) is 0 Å². The fourth-order valence-corrected chi connectivity index (χ4v) is 1.40. The Kier molecular flexibility index (Phi) is 4.39. The number of aliphatic imine (C=N–C) groups is 1. The van der Waals surface area contributed by atoms with Gasteiger partial charge < -0.3 is 15.4 Å². The topological polar surface area (TPSA) is 50.9 Å². The average Bonchev–Trinajstić information content (AvgIpc) is 2.09. The van der Waals surface area contributed by atoms with Gasteiger partial charge in [0, 0.05) is 33.4 Å². The van der Waals surface area contributed by atoms with Crippen molar-refractivity contribution >= 4 is 5.96 Å². The minimum Gasteiger partial charge on any atom is -0.385 e. The Morgan fingerprint density at radius 2 is 2.13 bits per heavy atom. The third-order valence-electron chi connectivity index (χ3n) is 2.83. The zero-order valence-electron chi connectivity index (χ0n) is 10.1. The van der Waals surface area contributed by atoms with Crippen LogP contribution in [0.15, 0.2) is 4.99 Å². The first kappa shape index (κ1) is 12.3. The number of methoxy groups -OCH3 is 1. The van der Waals surface area contributed by atoms with Crippen molar-refractivity contribution in [3.05, 3.63) is 0 Å². The Morgan fingerprint density at radius 3 is 2.60 bits per heavy atom. The maximum atomic E-state index is 5.86. The highest BCUT2D eigenvalue weighted by Gasteiger charge is 2.19. The fraction of sp³-hybridized carbons (Fsp3) is 0.909. The summed E-state index contributed by atoms with van der Waals surface area (Å²) in [5, 5.41) is 0. The second kappa shape index (κ2) is 5.35. The summed E-state index contributed by atoms with van der Waals surface area (Å²) in [6.07, 6.45) is 2.25. The molecule has 0 amide bonds. The molecule has 1 fully saturated rings. The third kappa shape index (κ3) is 4.08. The summed E-state index contributed by atoms with van der Waals surface area (Å²) in [6, 6.07) is 0. The summed E-state index contributed by atoms with van der Waals surface area (Å²) < 4.78 is 5.07. The molecule has 4 nitrogen and oxygen atoms in total. The predicted molar refractivity (Wildman–Crippen MR) is 63.0 cm³/mol. The number of ether oxygens (including phenoxy) is 1. The van der Waals surface area contributed by atoms with Gasteiger partial charge in [0.25, 0.3) is 0 Å². The molecule has 88 valence electrons. The maximum absolute atomic E-state index is 5.86. The second-order valence-electron chi connectivity index (χ2n) is 4.92. The number of rotatable bonds is 5. The Labute approximate surface area is 92.5 Å². The van der Waals surface area contributed by atoms with Gasteiger partial charge in [0.1, 0.15) is 0 Å². The van der Waals surface area contributed by atoms with Crippen LogP contribution in [0.5, 0.6) is 0 Å². The predicted octanol–water partition coefficient (Wildman–Crippen LogP) is 1.07. The lowest BCUT2D eigenvalue weighted by atomic mass is 9.90. The molecule has 0 bridgehead atoms. The highest BCUT2D eigenvalue weighted by molar-refractivity contribution is 5.78. The van der Waals surface area contributed by atoms with Crippen LogP contribution in [0.2, 0.25) is 0 Å². The molecule has 0 radical (unpaired) electrons. The van der Waals surface area contributed by atoms with Crippen LogP contribution in [0.1, 0.15) is 26.7 Å². The van der Waals surface area contributed by atoms with Crippen LogP contribution in [0, 0.1) is 5.41 Å². The minimum atomic E-state index is 0.172. The largest absolute Gasteiger partial charge is 0.385 e. The molecule has 1 heterocycles. The molecule has 1 aliphatic heterocycles. The quantitative estimate of drug-likeness (QED) is 0.549. The van der Waals surface area contributed by atoms with Crippen molar-refractivity contribution in [3.8, 4) is 0 Å². The number of nitrogens with zero attached hydrogens (tertiary/aromatic N) is 2. The zero-order valence-corrected chi connectivity index (χ0v) is 10.1. The van der Waals surface area contributed by atoms with Gasteiger partial charge in [0.2, 0.25) is 0 Å². The van der Waals surface area contributed by atoms with E-state index >= 15 is 0 Å². The van der Waals surface area contributed by atoms with Gasteiger partial charge >= 0.3 is 0 Å². The lowest BCUT2D eigenvalue weighted by Gasteiger charge is -2.32. The van der Waals surface area contributed by atoms with E-state index in [2.05, 4.69) is 23.7 Å². The number of likely N-dealkylation sites (tertiary alicyclic amines) is 1. The Balaban J connectivity index is 2.32. The van der Waals surface area contributed by atoms with Crippen LogP contribution in [-0.4, -0.2) is 44.2 Å². The molecule has 15 heavy (non-hydrogen) atoms. The molecule has 0 saturated carbocycles. The van der Waals surface area contributed by atoms with Crippen molar-refractivity contribution in [2.24, 2.45) is 16.1 Å². The Bertz CT molecular complexity index is 222. The number of hydrogen-bond donors (Lipinski definition) is 1. The first-order valence-corrected chi connectivity index (χ1v) is 5.59. The standard InChI is InChI=1S/C11H23N3O/c1-11(2,5-8-15-3)9-13-10(12)14-6-4-7-14/h4-9H2,1-3H3,(H2,12,13). The summed E-state index contributed by atoms with van der Waals surface area (Å²) in [4.78, 5) is 6.55. The number of hydrogen-bond acceptors (Lipinski definition) is 2. The van der Waals surface area contributed by atoms with Gasteiger partial charge in [0.15, 0.2) is 5.96 Å². The van der Waals surface area contributed by atoms with Crippen LogP contribution in [0.3, 0.4) is 0 Å². The summed E-state index contributed by atoms with van der Waals surface area (Å²) in [6.45, 7) is 8.07. The molecule has 0 aliphatic carbocycles. The molecule has 0 aromatic rings.